The van der Waals surface area contributed by atoms with Crippen molar-refractivity contribution >= 4 is 27.4 Å². The van der Waals surface area contributed by atoms with Crippen LogP contribution < -0.4 is 4.31 Å². The van der Waals surface area contributed by atoms with Gasteiger partial charge < -0.3 is 4.90 Å². The molecule has 2 aromatic carbocycles. The monoisotopic (exact) mass is 386 g/mol. The summed E-state index contributed by atoms with van der Waals surface area (Å²) >= 11 is 0. The van der Waals surface area contributed by atoms with Crippen molar-refractivity contribution in [2.45, 2.75) is 19.9 Å². The molecule has 1 heterocycles. The van der Waals surface area contributed by atoms with E-state index in [9.17, 15) is 18.0 Å². The molecule has 7 heteroatoms. The third kappa shape index (κ3) is 4.36. The topological polar surface area (TPSA) is 74.8 Å². The van der Waals surface area contributed by atoms with Gasteiger partial charge >= 0.3 is 0 Å². The van der Waals surface area contributed by atoms with Gasteiger partial charge in [0.2, 0.25) is 15.9 Å². The van der Waals surface area contributed by atoms with Crippen molar-refractivity contribution in [2.24, 2.45) is 0 Å². The Labute approximate surface area is 159 Å². The number of rotatable bonds is 5. The van der Waals surface area contributed by atoms with E-state index in [4.69, 9.17) is 0 Å². The van der Waals surface area contributed by atoms with Gasteiger partial charge in [-0.1, -0.05) is 36.4 Å². The van der Waals surface area contributed by atoms with Crippen LogP contribution in [-0.2, 0) is 27.8 Å². The molecular weight excluding hydrogens is 364 g/mol. The Morgan fingerprint density at radius 2 is 1.78 bits per heavy atom. The first kappa shape index (κ1) is 19.1. The van der Waals surface area contributed by atoms with Gasteiger partial charge in [0.15, 0.2) is 5.78 Å². The number of anilines is 1. The molecule has 0 aromatic heterocycles. The number of carbonyl (C=O) groups is 2. The third-order valence-electron chi connectivity index (χ3n) is 4.70. The van der Waals surface area contributed by atoms with Gasteiger partial charge in [0.05, 0.1) is 11.9 Å². The summed E-state index contributed by atoms with van der Waals surface area (Å²) in [5.41, 5.74) is 3.02. The summed E-state index contributed by atoms with van der Waals surface area (Å²) in [7, 11) is -3.68. The lowest BCUT2D eigenvalue weighted by atomic mass is 10.00. The van der Waals surface area contributed by atoms with E-state index in [1.165, 1.54) is 18.6 Å². The summed E-state index contributed by atoms with van der Waals surface area (Å²) in [6.45, 7) is 2.16. The first-order chi connectivity index (χ1) is 12.8. The summed E-state index contributed by atoms with van der Waals surface area (Å²) in [6, 6.07) is 14.3. The van der Waals surface area contributed by atoms with Crippen molar-refractivity contribution in [3.8, 4) is 0 Å². The zero-order chi connectivity index (χ0) is 19.6. The zero-order valence-electron chi connectivity index (χ0n) is 15.4. The van der Waals surface area contributed by atoms with Crippen molar-refractivity contribution in [3.05, 3.63) is 65.2 Å². The summed E-state index contributed by atoms with van der Waals surface area (Å²) in [5, 5.41) is 0. The highest BCUT2D eigenvalue weighted by molar-refractivity contribution is 7.92. The molecule has 0 radical (unpaired) electrons. The molecule has 0 atom stereocenters. The standard InChI is InChI=1S/C20H22N2O4S/c1-15(23)17-8-5-9-19(12-17)22(27(2,25)26)14-20(24)21-11-10-16-6-3-4-7-18(16)13-21/h3-9,12H,10-11,13-14H2,1-2H3. The number of benzene rings is 2. The van der Waals surface area contributed by atoms with Crippen LogP contribution in [0.15, 0.2) is 48.5 Å². The van der Waals surface area contributed by atoms with Gasteiger partial charge in [-0.2, -0.15) is 0 Å². The maximum atomic E-state index is 12.8. The Hall–Kier alpha value is -2.67. The fourth-order valence-electron chi connectivity index (χ4n) is 3.21. The molecule has 1 amide bonds. The molecule has 0 fully saturated rings. The highest BCUT2D eigenvalue weighted by Crippen LogP contribution is 2.22. The fourth-order valence-corrected chi connectivity index (χ4v) is 4.05. The molecule has 3 rings (SSSR count). The lowest BCUT2D eigenvalue weighted by molar-refractivity contribution is -0.130. The van der Waals surface area contributed by atoms with Crippen LogP contribution in [0.2, 0.25) is 0 Å². The molecule has 0 aliphatic carbocycles. The van der Waals surface area contributed by atoms with Crippen LogP contribution in [0.3, 0.4) is 0 Å². The van der Waals surface area contributed by atoms with Gasteiger partial charge in [-0.15, -0.1) is 0 Å². The van der Waals surface area contributed by atoms with Crippen molar-refractivity contribution in [2.75, 3.05) is 23.7 Å². The molecule has 0 bridgehead atoms. The summed E-state index contributed by atoms with van der Waals surface area (Å²) in [4.78, 5) is 26.1. The number of amides is 1. The Bertz CT molecular complexity index is 985. The summed E-state index contributed by atoms with van der Waals surface area (Å²) in [5.74, 6) is -0.424. The van der Waals surface area contributed by atoms with Gasteiger partial charge in [-0.3, -0.25) is 13.9 Å². The molecular formula is C20H22N2O4S. The molecule has 27 heavy (non-hydrogen) atoms. The zero-order valence-corrected chi connectivity index (χ0v) is 16.2. The number of Topliss-reactive ketones (excluding diaryl/α,β-unsaturated/α-hetero) is 1. The van der Waals surface area contributed by atoms with Gasteiger partial charge in [-0.05, 0) is 36.6 Å². The van der Waals surface area contributed by atoms with Crippen molar-refractivity contribution < 1.29 is 18.0 Å². The highest BCUT2D eigenvalue weighted by atomic mass is 32.2. The minimum absolute atomic E-state index is 0.163. The SMILES string of the molecule is CC(=O)c1cccc(N(CC(=O)N2CCc3ccccc3C2)S(C)(=O)=O)c1. The summed E-state index contributed by atoms with van der Waals surface area (Å²) in [6.07, 6.45) is 1.81. The van der Waals surface area contributed by atoms with Crippen LogP contribution in [0.1, 0.15) is 28.4 Å². The first-order valence-corrected chi connectivity index (χ1v) is 10.5. The van der Waals surface area contributed by atoms with Crippen LogP contribution in [0.5, 0.6) is 0 Å². The Kier molecular flexibility index (Phi) is 5.32. The van der Waals surface area contributed by atoms with Crippen LogP contribution in [0.4, 0.5) is 5.69 Å². The van der Waals surface area contributed by atoms with E-state index in [0.29, 0.717) is 24.3 Å². The largest absolute Gasteiger partial charge is 0.336 e. The maximum absolute atomic E-state index is 12.8. The van der Waals surface area contributed by atoms with Crippen LogP contribution in [-0.4, -0.2) is 44.4 Å². The third-order valence-corrected chi connectivity index (χ3v) is 5.84. The Morgan fingerprint density at radius 3 is 2.44 bits per heavy atom. The van der Waals surface area contributed by atoms with Crippen LogP contribution >= 0.6 is 0 Å². The highest BCUT2D eigenvalue weighted by Gasteiger charge is 2.26. The van der Waals surface area contributed by atoms with E-state index in [1.807, 2.05) is 24.3 Å². The van der Waals surface area contributed by atoms with E-state index in [-0.39, 0.29) is 18.2 Å². The van der Waals surface area contributed by atoms with Crippen molar-refractivity contribution in [1.82, 2.24) is 4.90 Å². The van der Waals surface area contributed by atoms with E-state index < -0.39 is 10.0 Å². The second-order valence-corrected chi connectivity index (χ2v) is 8.62. The molecule has 0 unspecified atom stereocenters. The van der Waals surface area contributed by atoms with E-state index in [0.717, 1.165) is 22.5 Å². The molecule has 1 aliphatic rings. The molecule has 2 aromatic rings. The number of sulfonamides is 1. The smallest absolute Gasteiger partial charge is 0.243 e. The van der Waals surface area contributed by atoms with Gasteiger partial charge in [0, 0.05) is 18.7 Å². The molecule has 0 saturated heterocycles. The minimum atomic E-state index is -3.68. The molecule has 142 valence electrons. The number of nitrogens with zero attached hydrogens (tertiary/aromatic N) is 2. The fraction of sp³-hybridized carbons (Fsp3) is 0.300. The number of carbonyl (C=O) groups excluding carboxylic acids is 2. The van der Waals surface area contributed by atoms with Gasteiger partial charge in [0.1, 0.15) is 6.54 Å². The van der Waals surface area contributed by atoms with Gasteiger partial charge in [0.25, 0.3) is 0 Å². The molecule has 0 N–H and O–H groups in total. The number of hydrogen-bond acceptors (Lipinski definition) is 4. The maximum Gasteiger partial charge on any atom is 0.243 e. The lowest BCUT2D eigenvalue weighted by Gasteiger charge is -2.31. The molecule has 6 nitrogen and oxygen atoms in total. The van der Waals surface area contributed by atoms with Crippen molar-refractivity contribution in [3.63, 3.8) is 0 Å². The van der Waals surface area contributed by atoms with Gasteiger partial charge in [-0.25, -0.2) is 8.42 Å². The number of ketones is 1. The molecule has 0 saturated carbocycles. The number of hydrogen-bond donors (Lipinski definition) is 0. The van der Waals surface area contributed by atoms with E-state index >= 15 is 0 Å². The summed E-state index contributed by atoms with van der Waals surface area (Å²) < 4.78 is 25.7. The second-order valence-electron chi connectivity index (χ2n) is 6.71. The van der Waals surface area contributed by atoms with E-state index in [1.54, 1.807) is 23.1 Å². The molecule has 0 spiro atoms. The Morgan fingerprint density at radius 1 is 1.07 bits per heavy atom. The normalized spacial score (nSPS) is 13.8. The second kappa shape index (κ2) is 7.52. The first-order valence-electron chi connectivity index (χ1n) is 8.69. The van der Waals surface area contributed by atoms with Crippen LogP contribution in [0, 0.1) is 0 Å². The predicted molar refractivity (Wildman–Crippen MR) is 104 cm³/mol. The average molecular weight is 386 g/mol. The Balaban J connectivity index is 1.83. The quantitative estimate of drug-likeness (QED) is 0.739. The number of fused-ring (bicyclic) bond motifs is 1. The lowest BCUT2D eigenvalue weighted by Crippen LogP contribution is -2.44. The predicted octanol–water partition coefficient (Wildman–Crippen LogP) is 2.24. The minimum Gasteiger partial charge on any atom is -0.336 e. The van der Waals surface area contributed by atoms with Crippen LogP contribution in [0.25, 0.3) is 0 Å². The average Bonchev–Trinajstić information content (AvgIpc) is 2.64. The molecule has 1 aliphatic heterocycles. The van der Waals surface area contributed by atoms with E-state index in [2.05, 4.69) is 0 Å². The van der Waals surface area contributed by atoms with Crippen molar-refractivity contribution in [1.29, 1.82) is 0 Å².